The van der Waals surface area contributed by atoms with Crippen LogP contribution >= 0.6 is 0 Å². The molecule has 1 saturated heterocycles. The van der Waals surface area contributed by atoms with Crippen LogP contribution in [0.4, 0.5) is 14.6 Å². The van der Waals surface area contributed by atoms with Gasteiger partial charge in [-0.05, 0) is 74.5 Å². The normalized spacial score (nSPS) is 31.4. The number of pyridine rings is 1. The standard InChI is InChI=1S/C30H38F2N4O2/c31-30(32)13-10-24(11-14-30)36-17-22-9-12-29(22,18-36)21-3-1-19(2-4-21)20-15-26(27(33)34-16-20)28(38)35-23-5-7-25(37)8-6-23/h1-4,15-16,22-25,37H,5-14,17-18H2,(H2,33,34)(H,35,38)/t22-,23-,25-,29+/m1/s1. The van der Waals surface area contributed by atoms with Gasteiger partial charge >= 0.3 is 0 Å². The number of likely N-dealkylation sites (tertiary alicyclic amines) is 1. The molecule has 2 atom stereocenters. The number of fused-ring (bicyclic) bond motifs is 1. The third-order valence-corrected chi connectivity index (χ3v) is 9.85. The Morgan fingerprint density at radius 3 is 2.37 bits per heavy atom. The molecular formula is C30H38F2N4O2. The summed E-state index contributed by atoms with van der Waals surface area (Å²) in [5, 5.41) is 12.8. The van der Waals surface area contributed by atoms with Gasteiger partial charge in [0.15, 0.2) is 0 Å². The highest BCUT2D eigenvalue weighted by Crippen LogP contribution is 2.55. The van der Waals surface area contributed by atoms with Crippen molar-refractivity contribution in [2.75, 3.05) is 18.8 Å². The molecule has 2 heterocycles. The summed E-state index contributed by atoms with van der Waals surface area (Å²) >= 11 is 0. The van der Waals surface area contributed by atoms with Crippen molar-refractivity contribution in [1.29, 1.82) is 0 Å². The molecule has 0 radical (unpaired) electrons. The third kappa shape index (κ3) is 4.81. The van der Waals surface area contributed by atoms with Crippen LogP contribution in [0.25, 0.3) is 11.1 Å². The summed E-state index contributed by atoms with van der Waals surface area (Å²) in [4.78, 5) is 19.8. The predicted octanol–water partition coefficient (Wildman–Crippen LogP) is 4.91. The number of carbonyl (C=O) groups is 1. The van der Waals surface area contributed by atoms with Gasteiger partial charge in [-0.15, -0.1) is 0 Å². The smallest absolute Gasteiger partial charge is 0.255 e. The predicted molar refractivity (Wildman–Crippen MR) is 143 cm³/mol. The lowest BCUT2D eigenvalue weighted by Gasteiger charge is -2.45. The van der Waals surface area contributed by atoms with E-state index in [2.05, 4.69) is 39.5 Å². The Bertz CT molecular complexity index is 1170. The Morgan fingerprint density at radius 1 is 1.00 bits per heavy atom. The van der Waals surface area contributed by atoms with Crippen LogP contribution in [0.3, 0.4) is 0 Å². The van der Waals surface area contributed by atoms with Crippen LogP contribution in [0, 0.1) is 5.92 Å². The maximum absolute atomic E-state index is 13.7. The van der Waals surface area contributed by atoms with Crippen molar-refractivity contribution in [1.82, 2.24) is 15.2 Å². The summed E-state index contributed by atoms with van der Waals surface area (Å²) < 4.78 is 27.4. The molecule has 3 saturated carbocycles. The molecule has 0 spiro atoms. The van der Waals surface area contributed by atoms with E-state index < -0.39 is 5.92 Å². The van der Waals surface area contributed by atoms with E-state index in [4.69, 9.17) is 5.73 Å². The maximum atomic E-state index is 13.7. The summed E-state index contributed by atoms with van der Waals surface area (Å²) in [5.74, 6) is -1.91. The number of hydrogen-bond donors (Lipinski definition) is 3. The van der Waals surface area contributed by atoms with E-state index in [1.165, 1.54) is 12.0 Å². The molecule has 4 fully saturated rings. The van der Waals surface area contributed by atoms with Crippen LogP contribution in [-0.4, -0.2) is 58.1 Å². The number of aliphatic hydroxyl groups is 1. The maximum Gasteiger partial charge on any atom is 0.255 e. The van der Waals surface area contributed by atoms with Crippen LogP contribution in [0.1, 0.15) is 80.1 Å². The summed E-state index contributed by atoms with van der Waals surface area (Å²) in [7, 11) is 0. The fraction of sp³-hybridized carbons (Fsp3) is 0.600. The number of halogens is 2. The SMILES string of the molecule is Nc1ncc(-c2ccc([C@@]34CC[C@@H]3CN(C3CCC(F)(F)CC3)C4)cc2)cc1C(=O)N[C@H]1CC[C@H](O)CC1. The molecule has 4 N–H and O–H groups in total. The van der Waals surface area contributed by atoms with Crippen LogP contribution in [0.2, 0.25) is 0 Å². The third-order valence-electron chi connectivity index (χ3n) is 9.85. The number of amides is 1. The average Bonchev–Trinajstić information content (AvgIpc) is 3.16. The molecule has 8 heteroatoms. The van der Waals surface area contributed by atoms with E-state index in [9.17, 15) is 18.7 Å². The minimum absolute atomic E-state index is 0.0138. The van der Waals surface area contributed by atoms with Gasteiger partial charge < -0.3 is 16.2 Å². The number of carbonyl (C=O) groups excluding carboxylic acids is 1. The van der Waals surface area contributed by atoms with Gasteiger partial charge in [-0.2, -0.15) is 0 Å². The Hall–Kier alpha value is -2.58. The first kappa shape index (κ1) is 25.7. The van der Waals surface area contributed by atoms with Crippen LogP contribution < -0.4 is 11.1 Å². The van der Waals surface area contributed by atoms with Gasteiger partial charge in [-0.25, -0.2) is 13.8 Å². The number of hydrogen-bond acceptors (Lipinski definition) is 5. The first-order chi connectivity index (χ1) is 18.2. The van der Waals surface area contributed by atoms with E-state index in [1.807, 2.05) is 6.07 Å². The Labute approximate surface area is 223 Å². The minimum Gasteiger partial charge on any atom is -0.393 e. The Balaban J connectivity index is 1.15. The lowest BCUT2D eigenvalue weighted by molar-refractivity contribution is -0.0519. The number of alkyl halides is 2. The number of aliphatic hydroxyl groups excluding tert-OH is 1. The van der Waals surface area contributed by atoms with Crippen molar-refractivity contribution < 1.29 is 18.7 Å². The minimum atomic E-state index is -2.49. The van der Waals surface area contributed by atoms with Gasteiger partial charge in [-0.3, -0.25) is 9.69 Å². The number of anilines is 1. The largest absolute Gasteiger partial charge is 0.393 e. The molecule has 4 aliphatic rings. The van der Waals surface area contributed by atoms with E-state index in [-0.39, 0.29) is 48.2 Å². The quantitative estimate of drug-likeness (QED) is 0.517. The number of benzene rings is 1. The summed E-state index contributed by atoms with van der Waals surface area (Å²) in [5.41, 5.74) is 9.71. The number of nitrogens with zero attached hydrogens (tertiary/aromatic N) is 2. The molecule has 38 heavy (non-hydrogen) atoms. The molecular weight excluding hydrogens is 486 g/mol. The molecule has 0 bridgehead atoms. The zero-order chi connectivity index (χ0) is 26.5. The molecule has 1 aromatic heterocycles. The van der Waals surface area contributed by atoms with E-state index in [0.29, 0.717) is 37.2 Å². The van der Waals surface area contributed by atoms with Gasteiger partial charge in [-0.1, -0.05) is 24.3 Å². The molecule has 3 aliphatic carbocycles. The second-order valence-electron chi connectivity index (χ2n) is 12.1. The molecule has 1 amide bonds. The van der Waals surface area contributed by atoms with Gasteiger partial charge in [0, 0.05) is 55.2 Å². The number of nitrogens with two attached hydrogens (primary N) is 1. The molecule has 6 nitrogen and oxygen atoms in total. The van der Waals surface area contributed by atoms with Crippen LogP contribution in [-0.2, 0) is 5.41 Å². The molecule has 6 rings (SSSR count). The van der Waals surface area contributed by atoms with Crippen molar-refractivity contribution >= 4 is 11.7 Å². The van der Waals surface area contributed by atoms with Crippen LogP contribution in [0.15, 0.2) is 36.5 Å². The summed E-state index contributed by atoms with van der Waals surface area (Å²) in [6, 6.07) is 10.7. The molecule has 1 aliphatic heterocycles. The van der Waals surface area contributed by atoms with E-state index in [1.54, 1.807) is 6.20 Å². The van der Waals surface area contributed by atoms with Crippen molar-refractivity contribution in [3.8, 4) is 11.1 Å². The van der Waals surface area contributed by atoms with E-state index in [0.717, 1.165) is 43.5 Å². The fourth-order valence-electron chi connectivity index (χ4n) is 7.31. The average molecular weight is 525 g/mol. The van der Waals surface area contributed by atoms with Gasteiger partial charge in [0.1, 0.15) is 5.82 Å². The number of aromatic nitrogens is 1. The van der Waals surface area contributed by atoms with Gasteiger partial charge in [0.05, 0.1) is 11.7 Å². The van der Waals surface area contributed by atoms with Crippen molar-refractivity contribution in [3.05, 3.63) is 47.7 Å². The Morgan fingerprint density at radius 2 is 1.71 bits per heavy atom. The van der Waals surface area contributed by atoms with Crippen molar-refractivity contribution in [2.24, 2.45) is 5.92 Å². The highest BCUT2D eigenvalue weighted by Gasteiger charge is 2.55. The highest BCUT2D eigenvalue weighted by molar-refractivity contribution is 5.99. The second kappa shape index (κ2) is 9.87. The number of nitrogens with one attached hydrogen (secondary N) is 1. The van der Waals surface area contributed by atoms with Crippen molar-refractivity contribution in [3.63, 3.8) is 0 Å². The monoisotopic (exact) mass is 524 g/mol. The molecule has 2 aromatic rings. The number of rotatable bonds is 5. The first-order valence-electron chi connectivity index (χ1n) is 14.2. The topological polar surface area (TPSA) is 91.5 Å². The molecule has 0 unspecified atom stereocenters. The zero-order valence-electron chi connectivity index (χ0n) is 21.8. The van der Waals surface area contributed by atoms with E-state index >= 15 is 0 Å². The number of nitrogen functional groups attached to an aromatic ring is 1. The van der Waals surface area contributed by atoms with Crippen LogP contribution in [0.5, 0.6) is 0 Å². The zero-order valence-corrected chi connectivity index (χ0v) is 21.8. The highest BCUT2D eigenvalue weighted by atomic mass is 19.3. The van der Waals surface area contributed by atoms with Gasteiger partial charge in [0.2, 0.25) is 5.92 Å². The van der Waals surface area contributed by atoms with Gasteiger partial charge in [0.25, 0.3) is 5.91 Å². The lowest BCUT2D eigenvalue weighted by atomic mass is 9.58. The Kier molecular flexibility index (Phi) is 6.67. The summed E-state index contributed by atoms with van der Waals surface area (Å²) in [6.45, 7) is 1.97. The molecule has 204 valence electrons. The van der Waals surface area contributed by atoms with Crippen molar-refractivity contribution in [2.45, 2.75) is 93.7 Å². The molecule has 1 aromatic carbocycles. The second-order valence-corrected chi connectivity index (χ2v) is 12.1. The summed E-state index contributed by atoms with van der Waals surface area (Å²) in [6.07, 6.45) is 7.90. The fourth-order valence-corrected chi connectivity index (χ4v) is 7.31. The first-order valence-corrected chi connectivity index (χ1v) is 14.2. The lowest BCUT2D eigenvalue weighted by Crippen LogP contribution is -2.44.